The number of rotatable bonds is 1. The van der Waals surface area contributed by atoms with E-state index in [1.54, 1.807) is 0 Å². The van der Waals surface area contributed by atoms with Gasteiger partial charge in [0.2, 0.25) is 0 Å². The standard InChI is InChI=1S/C13H22O/c1-9-6-7-11(10(2)8-9)12(14)13(3,4)5/h8,10-11H,6-7H2,1-5H3/t10-,11+/m1/s1. The molecule has 14 heavy (non-hydrogen) atoms. The Balaban J connectivity index is 2.77. The van der Waals surface area contributed by atoms with Crippen LogP contribution in [0.2, 0.25) is 0 Å². The van der Waals surface area contributed by atoms with Gasteiger partial charge < -0.3 is 0 Å². The minimum Gasteiger partial charge on any atom is -0.299 e. The number of allylic oxidation sites excluding steroid dienone is 2. The molecule has 0 aliphatic heterocycles. The van der Waals surface area contributed by atoms with Crippen molar-refractivity contribution in [1.29, 1.82) is 0 Å². The molecule has 0 saturated carbocycles. The minimum atomic E-state index is -0.183. The molecule has 2 atom stereocenters. The van der Waals surface area contributed by atoms with Gasteiger partial charge in [-0.25, -0.2) is 0 Å². The summed E-state index contributed by atoms with van der Waals surface area (Å²) in [5.74, 6) is 1.10. The number of hydrogen-bond acceptors (Lipinski definition) is 1. The zero-order valence-corrected chi connectivity index (χ0v) is 10.1. The number of ketones is 1. The van der Waals surface area contributed by atoms with Gasteiger partial charge in [0.25, 0.3) is 0 Å². The van der Waals surface area contributed by atoms with E-state index in [2.05, 4.69) is 19.9 Å². The third-order valence-electron chi connectivity index (χ3n) is 3.11. The van der Waals surface area contributed by atoms with Crippen LogP contribution in [0.15, 0.2) is 11.6 Å². The molecule has 80 valence electrons. The second-order valence-electron chi connectivity index (χ2n) is 5.63. The second kappa shape index (κ2) is 3.88. The Labute approximate surface area is 87.6 Å². The molecule has 0 radical (unpaired) electrons. The van der Waals surface area contributed by atoms with Crippen LogP contribution in [-0.2, 0) is 4.79 Å². The molecule has 0 N–H and O–H groups in total. The van der Waals surface area contributed by atoms with E-state index in [4.69, 9.17) is 0 Å². The van der Waals surface area contributed by atoms with E-state index in [1.807, 2.05) is 20.8 Å². The molecule has 0 aromatic rings. The number of carbonyl (C=O) groups excluding carboxylic acids is 1. The van der Waals surface area contributed by atoms with Crippen molar-refractivity contribution in [2.45, 2.75) is 47.5 Å². The van der Waals surface area contributed by atoms with E-state index in [9.17, 15) is 4.79 Å². The second-order valence-corrected chi connectivity index (χ2v) is 5.63. The van der Waals surface area contributed by atoms with Crippen molar-refractivity contribution >= 4 is 5.78 Å². The molecule has 0 saturated heterocycles. The Morgan fingerprint density at radius 1 is 1.43 bits per heavy atom. The van der Waals surface area contributed by atoms with E-state index in [1.165, 1.54) is 5.57 Å². The minimum absolute atomic E-state index is 0.183. The largest absolute Gasteiger partial charge is 0.299 e. The third kappa shape index (κ3) is 2.46. The van der Waals surface area contributed by atoms with Crippen molar-refractivity contribution < 1.29 is 4.79 Å². The quantitative estimate of drug-likeness (QED) is 0.583. The number of carbonyl (C=O) groups is 1. The van der Waals surface area contributed by atoms with Crippen LogP contribution in [-0.4, -0.2) is 5.78 Å². The lowest BCUT2D eigenvalue weighted by Gasteiger charge is -2.31. The molecule has 0 bridgehead atoms. The van der Waals surface area contributed by atoms with Crippen molar-refractivity contribution in [3.8, 4) is 0 Å². The van der Waals surface area contributed by atoms with Crippen LogP contribution in [0.3, 0.4) is 0 Å². The van der Waals surface area contributed by atoms with E-state index >= 15 is 0 Å². The van der Waals surface area contributed by atoms with Crippen LogP contribution in [0.1, 0.15) is 47.5 Å². The lowest BCUT2D eigenvalue weighted by Crippen LogP contribution is -2.33. The molecule has 0 heterocycles. The summed E-state index contributed by atoms with van der Waals surface area (Å²) in [5, 5.41) is 0. The summed E-state index contributed by atoms with van der Waals surface area (Å²) in [6.45, 7) is 10.4. The molecule has 1 nitrogen and oxygen atoms in total. The molecule has 1 rings (SSSR count). The van der Waals surface area contributed by atoms with Crippen molar-refractivity contribution in [3.05, 3.63) is 11.6 Å². The lowest BCUT2D eigenvalue weighted by molar-refractivity contribution is -0.131. The van der Waals surface area contributed by atoms with E-state index in [0.717, 1.165) is 12.8 Å². The van der Waals surface area contributed by atoms with Gasteiger partial charge in [-0.15, -0.1) is 0 Å². The Morgan fingerprint density at radius 3 is 2.43 bits per heavy atom. The Kier molecular flexibility index (Phi) is 3.18. The van der Waals surface area contributed by atoms with Gasteiger partial charge in [0.05, 0.1) is 0 Å². The topological polar surface area (TPSA) is 17.1 Å². The summed E-state index contributed by atoms with van der Waals surface area (Å²) in [4.78, 5) is 12.1. The zero-order chi connectivity index (χ0) is 10.9. The molecular weight excluding hydrogens is 172 g/mol. The van der Waals surface area contributed by atoms with E-state index in [-0.39, 0.29) is 11.3 Å². The Morgan fingerprint density at radius 2 is 2.00 bits per heavy atom. The van der Waals surface area contributed by atoms with E-state index < -0.39 is 0 Å². The maximum Gasteiger partial charge on any atom is 0.141 e. The summed E-state index contributed by atoms with van der Waals surface area (Å²) < 4.78 is 0. The highest BCUT2D eigenvalue weighted by molar-refractivity contribution is 5.86. The molecular formula is C13H22O. The first-order valence-electron chi connectivity index (χ1n) is 5.54. The zero-order valence-electron chi connectivity index (χ0n) is 10.1. The fourth-order valence-electron chi connectivity index (χ4n) is 2.22. The van der Waals surface area contributed by atoms with Crippen LogP contribution < -0.4 is 0 Å². The summed E-state index contributed by atoms with van der Waals surface area (Å²) in [6.07, 6.45) is 4.40. The highest BCUT2D eigenvalue weighted by Gasteiger charge is 2.33. The number of hydrogen-bond donors (Lipinski definition) is 0. The lowest BCUT2D eigenvalue weighted by atomic mass is 9.72. The van der Waals surface area contributed by atoms with Crippen molar-refractivity contribution in [3.63, 3.8) is 0 Å². The molecule has 0 aromatic heterocycles. The first-order chi connectivity index (χ1) is 6.32. The Bertz CT molecular complexity index is 255. The summed E-state index contributed by atoms with van der Waals surface area (Å²) >= 11 is 0. The molecule has 1 heteroatoms. The fourth-order valence-corrected chi connectivity index (χ4v) is 2.22. The van der Waals surface area contributed by atoms with E-state index in [0.29, 0.717) is 11.7 Å². The van der Waals surface area contributed by atoms with Gasteiger partial charge in [-0.1, -0.05) is 39.3 Å². The van der Waals surface area contributed by atoms with Crippen LogP contribution >= 0.6 is 0 Å². The monoisotopic (exact) mass is 194 g/mol. The summed E-state index contributed by atoms with van der Waals surface area (Å²) in [5.41, 5.74) is 1.26. The van der Waals surface area contributed by atoms with Crippen LogP contribution in [0.5, 0.6) is 0 Å². The molecule has 0 spiro atoms. The van der Waals surface area contributed by atoms with Crippen LogP contribution in [0, 0.1) is 17.3 Å². The van der Waals surface area contributed by atoms with Gasteiger partial charge in [0.1, 0.15) is 5.78 Å². The molecule has 0 fully saturated rings. The van der Waals surface area contributed by atoms with Crippen LogP contribution in [0.4, 0.5) is 0 Å². The molecule has 0 amide bonds. The Hall–Kier alpha value is -0.590. The molecule has 1 aliphatic rings. The van der Waals surface area contributed by atoms with Gasteiger partial charge in [0.15, 0.2) is 0 Å². The van der Waals surface area contributed by atoms with Crippen molar-refractivity contribution in [2.24, 2.45) is 17.3 Å². The average Bonchev–Trinajstić information content (AvgIpc) is 2.01. The SMILES string of the molecule is CC1=C[C@@H](C)[C@@H](C(=O)C(C)(C)C)CC1. The molecule has 1 aliphatic carbocycles. The van der Waals surface area contributed by atoms with Gasteiger partial charge in [-0.2, -0.15) is 0 Å². The summed E-state index contributed by atoms with van der Waals surface area (Å²) in [7, 11) is 0. The highest BCUT2D eigenvalue weighted by Crippen LogP contribution is 2.34. The summed E-state index contributed by atoms with van der Waals surface area (Å²) in [6, 6.07) is 0. The molecule has 0 unspecified atom stereocenters. The third-order valence-corrected chi connectivity index (χ3v) is 3.11. The maximum atomic E-state index is 12.1. The molecule has 0 aromatic carbocycles. The first kappa shape index (κ1) is 11.5. The maximum absolute atomic E-state index is 12.1. The highest BCUT2D eigenvalue weighted by atomic mass is 16.1. The normalized spacial score (nSPS) is 28.5. The predicted molar refractivity (Wildman–Crippen MR) is 60.1 cm³/mol. The first-order valence-corrected chi connectivity index (χ1v) is 5.54. The van der Waals surface area contributed by atoms with Crippen LogP contribution in [0.25, 0.3) is 0 Å². The van der Waals surface area contributed by atoms with Gasteiger partial charge in [0, 0.05) is 11.3 Å². The number of Topliss-reactive ketones (excluding diaryl/α,β-unsaturated/α-hetero) is 1. The van der Waals surface area contributed by atoms with Gasteiger partial charge in [-0.05, 0) is 25.7 Å². The average molecular weight is 194 g/mol. The predicted octanol–water partition coefficient (Wildman–Crippen LogP) is 3.59. The van der Waals surface area contributed by atoms with Crippen molar-refractivity contribution in [2.75, 3.05) is 0 Å². The van der Waals surface area contributed by atoms with Gasteiger partial charge >= 0.3 is 0 Å². The van der Waals surface area contributed by atoms with Gasteiger partial charge in [-0.3, -0.25) is 4.79 Å². The fraction of sp³-hybridized carbons (Fsp3) is 0.769. The smallest absolute Gasteiger partial charge is 0.141 e. The van der Waals surface area contributed by atoms with Crippen molar-refractivity contribution in [1.82, 2.24) is 0 Å².